The van der Waals surface area contributed by atoms with Crippen LogP contribution in [0.3, 0.4) is 0 Å². The van der Waals surface area contributed by atoms with Gasteiger partial charge in [-0.2, -0.15) is 0 Å². The van der Waals surface area contributed by atoms with E-state index in [1.807, 2.05) is 58.9 Å². The molecule has 1 N–H and O–H groups in total. The molecule has 0 fully saturated rings. The number of aryl methyl sites for hydroxylation is 1. The van der Waals surface area contributed by atoms with Gasteiger partial charge in [0, 0.05) is 17.1 Å². The van der Waals surface area contributed by atoms with E-state index in [1.54, 1.807) is 6.07 Å². The summed E-state index contributed by atoms with van der Waals surface area (Å²) < 4.78 is 31.9. The summed E-state index contributed by atoms with van der Waals surface area (Å²) in [4.78, 5) is 28.4. The van der Waals surface area contributed by atoms with E-state index in [0.717, 1.165) is 21.7 Å². The number of sulfonamides is 1. The minimum atomic E-state index is -3.91. The highest BCUT2D eigenvalue weighted by Crippen LogP contribution is 2.33. The van der Waals surface area contributed by atoms with Gasteiger partial charge in [0.1, 0.15) is 18.3 Å². The highest BCUT2D eigenvalue weighted by Gasteiger charge is 2.33. The Kier molecular flexibility index (Phi) is 9.79. The first-order valence-corrected chi connectivity index (χ1v) is 13.9. The second kappa shape index (κ2) is 12.0. The van der Waals surface area contributed by atoms with Gasteiger partial charge in [-0.25, -0.2) is 8.42 Å². The van der Waals surface area contributed by atoms with Gasteiger partial charge in [0.15, 0.2) is 0 Å². The normalized spacial score (nSPS) is 12.6. The van der Waals surface area contributed by atoms with Crippen LogP contribution in [0.15, 0.2) is 42.5 Å². The Bertz CT molecular complexity index is 1180. The van der Waals surface area contributed by atoms with Crippen molar-refractivity contribution < 1.29 is 22.7 Å². The van der Waals surface area contributed by atoms with Crippen LogP contribution >= 0.6 is 11.6 Å². The van der Waals surface area contributed by atoms with Crippen LogP contribution in [0.2, 0.25) is 5.02 Å². The lowest BCUT2D eigenvalue weighted by atomic mass is 10.1. The predicted molar refractivity (Wildman–Crippen MR) is 144 cm³/mol. The van der Waals surface area contributed by atoms with Crippen LogP contribution in [0.5, 0.6) is 5.75 Å². The van der Waals surface area contributed by atoms with Gasteiger partial charge in [0.2, 0.25) is 21.8 Å². The topological polar surface area (TPSA) is 96.0 Å². The molecule has 2 aromatic carbocycles. The third-order valence-electron chi connectivity index (χ3n) is 5.45. The molecule has 8 nitrogen and oxygen atoms in total. The van der Waals surface area contributed by atoms with Crippen LogP contribution < -0.4 is 14.4 Å². The Morgan fingerprint density at radius 3 is 2.22 bits per heavy atom. The number of nitrogens with one attached hydrogen (secondary N) is 1. The standard InChI is InChI=1S/C26H36ClN3O5S/c1-8-21(25(32)28-26(3,4)5)29(16-19-11-9-18(2)10-12-19)24(31)17-30(36(7,33)34)22-15-20(27)13-14-23(22)35-6/h9-15,21H,8,16-17H2,1-7H3,(H,28,32)/t21-/m0/s1. The third-order valence-corrected chi connectivity index (χ3v) is 6.81. The predicted octanol–water partition coefficient (Wildman–Crippen LogP) is 4.15. The molecule has 0 aliphatic heterocycles. The van der Waals surface area contributed by atoms with Crippen LogP contribution in [0.25, 0.3) is 0 Å². The van der Waals surface area contributed by atoms with Crippen molar-refractivity contribution in [2.24, 2.45) is 0 Å². The number of halogens is 1. The molecule has 0 bridgehead atoms. The quantitative estimate of drug-likeness (QED) is 0.491. The molecule has 36 heavy (non-hydrogen) atoms. The fourth-order valence-electron chi connectivity index (χ4n) is 3.72. The van der Waals surface area contributed by atoms with Crippen LogP contribution in [0.1, 0.15) is 45.2 Å². The van der Waals surface area contributed by atoms with E-state index in [9.17, 15) is 18.0 Å². The van der Waals surface area contributed by atoms with Crippen molar-refractivity contribution >= 4 is 39.1 Å². The summed E-state index contributed by atoms with van der Waals surface area (Å²) in [6, 6.07) is 11.4. The van der Waals surface area contributed by atoms with Gasteiger partial charge in [-0.05, 0) is 57.9 Å². The number of hydrogen-bond donors (Lipinski definition) is 1. The van der Waals surface area contributed by atoms with Crippen molar-refractivity contribution in [2.75, 3.05) is 24.2 Å². The highest BCUT2D eigenvalue weighted by molar-refractivity contribution is 7.92. The number of methoxy groups -OCH3 is 1. The molecule has 0 aliphatic rings. The van der Waals surface area contributed by atoms with E-state index in [1.165, 1.54) is 24.1 Å². The first-order chi connectivity index (χ1) is 16.7. The average Bonchev–Trinajstić information content (AvgIpc) is 2.76. The molecule has 0 aromatic heterocycles. The third kappa shape index (κ3) is 8.13. The SMILES string of the molecule is CC[C@@H](C(=O)NC(C)(C)C)N(Cc1ccc(C)cc1)C(=O)CN(c1cc(Cl)ccc1OC)S(C)(=O)=O. The van der Waals surface area contributed by atoms with Gasteiger partial charge in [-0.15, -0.1) is 0 Å². The van der Waals surface area contributed by atoms with E-state index in [-0.39, 0.29) is 23.9 Å². The van der Waals surface area contributed by atoms with Crippen molar-refractivity contribution in [1.82, 2.24) is 10.2 Å². The second-order valence-electron chi connectivity index (χ2n) is 9.76. The van der Waals surface area contributed by atoms with Gasteiger partial charge < -0.3 is 15.0 Å². The number of rotatable bonds is 10. The van der Waals surface area contributed by atoms with E-state index < -0.39 is 34.1 Å². The smallest absolute Gasteiger partial charge is 0.244 e. The maximum absolute atomic E-state index is 13.8. The minimum Gasteiger partial charge on any atom is -0.495 e. The molecule has 0 radical (unpaired) electrons. The zero-order chi connectivity index (χ0) is 27.3. The van der Waals surface area contributed by atoms with Gasteiger partial charge in [-0.3, -0.25) is 13.9 Å². The largest absolute Gasteiger partial charge is 0.495 e. The summed E-state index contributed by atoms with van der Waals surface area (Å²) >= 11 is 6.14. The van der Waals surface area contributed by atoms with E-state index >= 15 is 0 Å². The molecule has 2 amide bonds. The van der Waals surface area contributed by atoms with Gasteiger partial charge in [0.05, 0.1) is 19.1 Å². The highest BCUT2D eigenvalue weighted by atomic mass is 35.5. The molecule has 1 atom stereocenters. The van der Waals surface area contributed by atoms with E-state index in [2.05, 4.69) is 5.32 Å². The Labute approximate surface area is 219 Å². The van der Waals surface area contributed by atoms with Gasteiger partial charge in [-0.1, -0.05) is 48.4 Å². The molecule has 198 valence electrons. The van der Waals surface area contributed by atoms with Crippen LogP contribution in [0.4, 0.5) is 5.69 Å². The zero-order valence-electron chi connectivity index (χ0n) is 22.0. The molecule has 2 aromatic rings. The van der Waals surface area contributed by atoms with Crippen molar-refractivity contribution in [3.05, 3.63) is 58.6 Å². The van der Waals surface area contributed by atoms with Crippen LogP contribution in [-0.4, -0.2) is 56.6 Å². The maximum Gasteiger partial charge on any atom is 0.244 e. The van der Waals surface area contributed by atoms with Crippen molar-refractivity contribution in [3.63, 3.8) is 0 Å². The summed E-state index contributed by atoms with van der Waals surface area (Å²) in [5, 5.41) is 3.23. The number of carbonyl (C=O) groups excluding carboxylic acids is 2. The number of amides is 2. The summed E-state index contributed by atoms with van der Waals surface area (Å²) in [5.41, 5.74) is 1.52. The van der Waals surface area contributed by atoms with Crippen molar-refractivity contribution in [3.8, 4) is 5.75 Å². The maximum atomic E-state index is 13.8. The minimum absolute atomic E-state index is 0.138. The molecule has 10 heteroatoms. The number of carbonyl (C=O) groups is 2. The lowest BCUT2D eigenvalue weighted by molar-refractivity contribution is -0.141. The summed E-state index contributed by atoms with van der Waals surface area (Å²) in [7, 11) is -2.50. The van der Waals surface area contributed by atoms with Gasteiger partial charge in [0.25, 0.3) is 0 Å². The fraction of sp³-hybridized carbons (Fsp3) is 0.462. The molecule has 0 heterocycles. The average molecular weight is 538 g/mol. The lowest BCUT2D eigenvalue weighted by Gasteiger charge is -2.34. The number of hydrogen-bond acceptors (Lipinski definition) is 5. The lowest BCUT2D eigenvalue weighted by Crippen LogP contribution is -2.55. The fourth-order valence-corrected chi connectivity index (χ4v) is 4.73. The van der Waals surface area contributed by atoms with Crippen LogP contribution in [-0.2, 0) is 26.2 Å². The second-order valence-corrected chi connectivity index (χ2v) is 12.1. The molecule has 0 spiro atoms. The monoisotopic (exact) mass is 537 g/mol. The molecular weight excluding hydrogens is 502 g/mol. The molecule has 0 aliphatic carbocycles. The Balaban J connectivity index is 2.52. The molecule has 0 saturated carbocycles. The van der Waals surface area contributed by atoms with Crippen molar-refractivity contribution in [1.29, 1.82) is 0 Å². The number of benzene rings is 2. The molecule has 2 rings (SSSR count). The van der Waals surface area contributed by atoms with E-state index in [4.69, 9.17) is 16.3 Å². The zero-order valence-corrected chi connectivity index (χ0v) is 23.5. The Morgan fingerprint density at radius 1 is 1.11 bits per heavy atom. The molecule has 0 saturated heterocycles. The summed E-state index contributed by atoms with van der Waals surface area (Å²) in [5.74, 6) is -0.587. The van der Waals surface area contributed by atoms with Crippen molar-refractivity contribution in [2.45, 2.75) is 59.2 Å². The first kappa shape index (κ1) is 29.5. The first-order valence-electron chi connectivity index (χ1n) is 11.6. The van der Waals surface area contributed by atoms with Crippen LogP contribution in [0, 0.1) is 6.92 Å². The molecular formula is C26H36ClN3O5S. The number of anilines is 1. The summed E-state index contributed by atoms with van der Waals surface area (Å²) in [6.07, 6.45) is 1.35. The number of ether oxygens (including phenoxy) is 1. The van der Waals surface area contributed by atoms with Gasteiger partial charge >= 0.3 is 0 Å². The number of nitrogens with zero attached hydrogens (tertiary/aromatic N) is 2. The Hall–Kier alpha value is -2.78. The molecule has 0 unspecified atom stereocenters. The Morgan fingerprint density at radius 2 is 1.72 bits per heavy atom. The van der Waals surface area contributed by atoms with E-state index in [0.29, 0.717) is 11.4 Å². The summed E-state index contributed by atoms with van der Waals surface area (Å²) in [6.45, 7) is 8.97.